The van der Waals surface area contributed by atoms with Crippen LogP contribution in [-0.4, -0.2) is 202 Å². The van der Waals surface area contributed by atoms with E-state index in [1.165, 1.54) is 62.6 Å². The molecule has 4 fully saturated rings. The van der Waals surface area contributed by atoms with Gasteiger partial charge in [-0.15, -0.1) is 0 Å². The van der Waals surface area contributed by atoms with Crippen molar-refractivity contribution in [3.05, 3.63) is 52.3 Å². The zero-order valence-electron chi connectivity index (χ0n) is 64.7. The standard InChI is InChI=1S/C19H30N6O4S.C19H30N6O2S.C14H22N6S.C8H9ClN4S.C8H18N2.C2H3N/c1-6-12-11-20-25-15(12)23-17(30(5,27)28)24-16(25)21-13-8-7-9-14(10-13)22-18(26)29-19(2,3)4;1-6-12-11-20-25-15(12)23-17(28-5)24-16(25)21-13-8-7-9-14(10-13)22-18(26)27-19(2,3)4;1-3-9-8-16-20-12(9)18-14(21-2)19-13(20)17-11-6-4-5-10(15)7-11;1-3-5-4-10-13-6(5)11-8(14-2)12-7(13)9;1-10(2)8-5-3-7(9)4-6-8;1-2-3/h11,13-14H,6-10H2,1-5H3,(H,22,26)(H,21,23,24);11,13-14H,6-10H2,1-5H3,(H,22,26)(H,21,23,24);8,10-11H,3-7,15H2,1-2H3,(H,17,18,19);4H,3H2,1-2H3;7-8H,3-6,9H2,1-2H3;1H3. The number of carbonyl (C=O) groups is 2. The topological polar surface area (TPSA) is 398 Å². The maximum Gasteiger partial charge on any atom is 0.407 e. The Labute approximate surface area is 641 Å². The average Bonchev–Trinajstić information content (AvgIpc) is 1.62. The number of rotatable bonds is 17. The number of nitrogens with two attached hydrogens (primary N) is 2. The minimum absolute atomic E-state index is 0.00141. The minimum atomic E-state index is -3.58. The number of hydrogen-bond acceptors (Lipinski definition) is 28. The van der Waals surface area contributed by atoms with Crippen molar-refractivity contribution in [1.82, 2.24) is 93.9 Å². The Bertz CT molecular complexity index is 4300. The van der Waals surface area contributed by atoms with Gasteiger partial charge >= 0.3 is 12.2 Å². The first-order chi connectivity index (χ1) is 50.3. The summed E-state index contributed by atoms with van der Waals surface area (Å²) in [5, 5.41) is 43.3. The zero-order valence-corrected chi connectivity index (χ0v) is 68.8. The molecular formula is C70H112ClN25O6S4. The number of thioether (sulfide) groups is 3. The maximum absolute atomic E-state index is 12.1. The molecule has 8 aromatic rings. The summed E-state index contributed by atoms with van der Waals surface area (Å²) in [4.78, 5) is 61.8. The molecule has 0 aliphatic heterocycles. The van der Waals surface area contributed by atoms with Gasteiger partial charge in [-0.25, -0.2) is 33.0 Å². The molecule has 4 aliphatic rings. The summed E-state index contributed by atoms with van der Waals surface area (Å²) in [6.45, 7) is 20.8. The highest BCUT2D eigenvalue weighted by Gasteiger charge is 2.31. The smallest absolute Gasteiger partial charge is 0.407 e. The van der Waals surface area contributed by atoms with Crippen molar-refractivity contribution in [2.75, 3.05) is 55.1 Å². The Morgan fingerprint density at radius 1 is 0.538 bits per heavy atom. The van der Waals surface area contributed by atoms with E-state index in [0.717, 1.165) is 151 Å². The van der Waals surface area contributed by atoms with Crippen LogP contribution in [0.1, 0.15) is 201 Å². The fraction of sp³-hybridized carbons (Fsp3) is 0.671. The molecule has 36 heteroatoms. The number of nitrogens with zero attached hydrogens (tertiary/aromatic N) is 18. The van der Waals surface area contributed by atoms with Crippen molar-refractivity contribution in [1.29, 1.82) is 5.26 Å². The molecule has 12 rings (SSSR count). The third-order valence-corrected chi connectivity index (χ3v) is 20.8. The van der Waals surface area contributed by atoms with E-state index < -0.39 is 27.1 Å². The molecule has 0 spiro atoms. The first-order valence-electron chi connectivity index (χ1n) is 36.6. The Morgan fingerprint density at radius 2 is 0.877 bits per heavy atom. The van der Waals surface area contributed by atoms with Crippen molar-refractivity contribution < 1.29 is 27.5 Å². The van der Waals surface area contributed by atoms with Gasteiger partial charge < -0.3 is 52.4 Å². The molecule has 2 amide bonds. The summed E-state index contributed by atoms with van der Waals surface area (Å²) in [5.74, 6) is 1.82. The number of halogens is 1. The number of sulfone groups is 1. The molecule has 0 saturated heterocycles. The van der Waals surface area contributed by atoms with Crippen LogP contribution in [0.25, 0.3) is 22.6 Å². The number of nitriles is 1. The number of fused-ring (bicyclic) bond motifs is 4. The summed E-state index contributed by atoms with van der Waals surface area (Å²) >= 11 is 10.5. The molecule has 4 saturated carbocycles. The van der Waals surface area contributed by atoms with Crippen molar-refractivity contribution in [3.63, 3.8) is 0 Å². The highest BCUT2D eigenvalue weighted by atomic mass is 35.5. The molecule has 4 aliphatic carbocycles. The lowest BCUT2D eigenvalue weighted by Crippen LogP contribution is -2.44. The van der Waals surface area contributed by atoms with Crippen LogP contribution in [0.2, 0.25) is 5.28 Å². The molecule has 0 bridgehead atoms. The second-order valence-electron chi connectivity index (χ2n) is 28.9. The Morgan fingerprint density at radius 3 is 1.24 bits per heavy atom. The van der Waals surface area contributed by atoms with Crippen LogP contribution < -0.4 is 38.1 Å². The number of carbonyl (C=O) groups excluding carboxylic acids is 2. The lowest BCUT2D eigenvalue weighted by Gasteiger charge is -2.31. The molecule has 9 N–H and O–H groups in total. The van der Waals surface area contributed by atoms with Crippen molar-refractivity contribution in [3.8, 4) is 6.07 Å². The van der Waals surface area contributed by atoms with Crippen molar-refractivity contribution in [2.45, 2.75) is 285 Å². The van der Waals surface area contributed by atoms with Gasteiger partial charge in [-0.3, -0.25) is 0 Å². The number of hydrogen-bond donors (Lipinski definition) is 7. The Balaban J connectivity index is 0.000000191. The van der Waals surface area contributed by atoms with Gasteiger partial charge in [-0.05, 0) is 214 Å². The van der Waals surface area contributed by atoms with Crippen LogP contribution in [-0.2, 0) is 45.0 Å². The number of aryl methyl sites for hydroxylation is 4. The largest absolute Gasteiger partial charge is 0.444 e. The third kappa shape index (κ3) is 25.5. The van der Waals surface area contributed by atoms with E-state index in [4.69, 9.17) is 37.8 Å². The van der Waals surface area contributed by atoms with Crippen LogP contribution in [0.15, 0.2) is 45.4 Å². The summed E-state index contributed by atoms with van der Waals surface area (Å²) in [6.07, 6.45) is 33.3. The van der Waals surface area contributed by atoms with Crippen LogP contribution in [0.3, 0.4) is 0 Å². The van der Waals surface area contributed by atoms with Gasteiger partial charge in [0.25, 0.3) is 5.16 Å². The van der Waals surface area contributed by atoms with Gasteiger partial charge in [0, 0.05) is 83.8 Å². The van der Waals surface area contributed by atoms with Gasteiger partial charge in [0.15, 0.2) is 38.1 Å². The van der Waals surface area contributed by atoms with E-state index in [0.29, 0.717) is 52.9 Å². The minimum Gasteiger partial charge on any atom is -0.444 e. The quantitative estimate of drug-likeness (QED) is 0.0416. The lowest BCUT2D eigenvalue weighted by molar-refractivity contribution is 0.0479. The van der Waals surface area contributed by atoms with Gasteiger partial charge in [0.1, 0.15) is 11.2 Å². The van der Waals surface area contributed by atoms with E-state index in [2.05, 4.69) is 127 Å². The molecule has 8 heterocycles. The molecule has 8 aromatic heterocycles. The Hall–Kier alpha value is -7.20. The molecule has 0 aromatic carbocycles. The van der Waals surface area contributed by atoms with Crippen molar-refractivity contribution in [2.24, 2.45) is 11.5 Å². The lowest BCUT2D eigenvalue weighted by atomic mass is 9.91. The molecule has 106 heavy (non-hydrogen) atoms. The summed E-state index contributed by atoms with van der Waals surface area (Å²) < 4.78 is 41.6. The second-order valence-corrected chi connectivity index (χ2v) is 33.5. The van der Waals surface area contributed by atoms with Gasteiger partial charge in [0.05, 0.1) is 30.9 Å². The number of nitrogens with one attached hydrogen (secondary N) is 5. The predicted octanol–water partition coefficient (Wildman–Crippen LogP) is 11.5. The number of ether oxygens (including phenoxy) is 2. The molecule has 6 atom stereocenters. The molecular weight excluding hydrogens is 1450 g/mol. The van der Waals surface area contributed by atoms with Crippen LogP contribution in [0.5, 0.6) is 0 Å². The summed E-state index contributed by atoms with van der Waals surface area (Å²) in [5.41, 5.74) is 18.0. The van der Waals surface area contributed by atoms with E-state index in [1.54, 1.807) is 43.8 Å². The van der Waals surface area contributed by atoms with Crippen LogP contribution in [0, 0.1) is 11.3 Å². The first kappa shape index (κ1) is 86.0. The van der Waals surface area contributed by atoms with Gasteiger partial charge in [-0.1, -0.05) is 63.0 Å². The Kier molecular flexibility index (Phi) is 32.7. The van der Waals surface area contributed by atoms with E-state index in [9.17, 15) is 18.0 Å². The molecule has 0 radical (unpaired) electrons. The second kappa shape index (κ2) is 40.3. The number of anilines is 3. The summed E-state index contributed by atoms with van der Waals surface area (Å²) in [6, 6.07) is 3.93. The SMILES string of the molecule is CC#N.CCc1cnn2c(Cl)nc(SC)nc12.CCc1cnn2c(NC3CCCC(N)C3)nc(SC)nc12.CCc1cnn2c(NC3CCCC(NC(=O)OC(C)(C)C)C3)nc(S(C)(=O)=O)nc12.CCc1cnn2c(NC3CCCC(NC(=O)OC(C)(C)C)C3)nc(SC)nc12.CN(C)C1CCC(N)CC1. The number of alkyl carbamates (subject to hydrolysis) is 2. The van der Waals surface area contributed by atoms with Gasteiger partial charge in [-0.2, -0.15) is 68.6 Å². The van der Waals surface area contributed by atoms with E-state index >= 15 is 0 Å². The highest BCUT2D eigenvalue weighted by Crippen LogP contribution is 2.29. The van der Waals surface area contributed by atoms with Crippen molar-refractivity contribution >= 4 is 109 Å². The number of amides is 2. The fourth-order valence-corrected chi connectivity index (χ4v) is 14.5. The molecule has 31 nitrogen and oxygen atoms in total. The average molecular weight is 1560 g/mol. The fourth-order valence-electron chi connectivity index (χ4n) is 12.7. The van der Waals surface area contributed by atoms with Crippen LogP contribution >= 0.6 is 46.9 Å². The van der Waals surface area contributed by atoms with E-state index in [-0.39, 0.29) is 41.5 Å². The molecule has 584 valence electrons. The van der Waals surface area contributed by atoms with E-state index in [1.807, 2.05) is 84.1 Å². The predicted molar refractivity (Wildman–Crippen MR) is 421 cm³/mol. The molecule has 6 unspecified atom stereocenters. The third-order valence-electron chi connectivity index (χ3n) is 18.0. The normalized spacial score (nSPS) is 20.3. The summed E-state index contributed by atoms with van der Waals surface area (Å²) in [7, 11) is 0.727. The highest BCUT2D eigenvalue weighted by molar-refractivity contribution is 7.98. The zero-order chi connectivity index (χ0) is 77.6. The first-order valence-corrected chi connectivity index (χ1v) is 42.5. The monoisotopic (exact) mass is 1560 g/mol. The van der Waals surface area contributed by atoms with Crippen LogP contribution in [0.4, 0.5) is 27.4 Å². The maximum atomic E-state index is 12.1. The number of aromatic nitrogens is 16. The van der Waals surface area contributed by atoms with Gasteiger partial charge in [0.2, 0.25) is 33.0 Å².